The highest BCUT2D eigenvalue weighted by molar-refractivity contribution is 7.99. The number of hydrogen-bond donors (Lipinski definition) is 2. The Morgan fingerprint density at radius 2 is 1.39 bits per heavy atom. The molecule has 0 radical (unpaired) electrons. The van der Waals surface area contributed by atoms with Gasteiger partial charge in [0.2, 0.25) is 5.91 Å². The maximum Gasteiger partial charge on any atom is 0.373 e. The summed E-state index contributed by atoms with van der Waals surface area (Å²) in [4.78, 5) is 73.0. The molecule has 564 valence electrons. The van der Waals surface area contributed by atoms with Gasteiger partial charge in [-0.1, -0.05) is 114 Å². The number of aliphatic carboxylic acids is 1. The largest absolute Gasteiger partial charge is 0.481 e. The molecule has 2 aromatic carbocycles. The van der Waals surface area contributed by atoms with E-state index >= 15 is 0 Å². The molecule has 10 rings (SSSR count). The van der Waals surface area contributed by atoms with E-state index in [4.69, 9.17) is 35.8 Å². The zero-order chi connectivity index (χ0) is 73.8. The van der Waals surface area contributed by atoms with Crippen molar-refractivity contribution in [1.29, 1.82) is 0 Å². The van der Waals surface area contributed by atoms with Gasteiger partial charge >= 0.3 is 24.1 Å². The average Bonchev–Trinajstić information content (AvgIpc) is 1.59. The zero-order valence-electron chi connectivity index (χ0n) is 60.2. The molecule has 8 aliphatic rings. The smallest absolute Gasteiger partial charge is 0.373 e. The zero-order valence-corrected chi connectivity index (χ0v) is 63.4. The number of carboxylic acids is 1. The van der Waals surface area contributed by atoms with Crippen LogP contribution in [0.25, 0.3) is 0 Å². The van der Waals surface area contributed by atoms with Crippen molar-refractivity contribution in [2.24, 2.45) is 45.8 Å². The molecule has 3 aliphatic carbocycles. The molecule has 6 fully saturated rings. The van der Waals surface area contributed by atoms with Crippen LogP contribution in [0.2, 0.25) is 5.02 Å². The number of anilines is 2. The number of halogens is 7. The van der Waals surface area contributed by atoms with Gasteiger partial charge in [-0.05, 0) is 192 Å². The Hall–Kier alpha value is -5.65. The van der Waals surface area contributed by atoms with Crippen molar-refractivity contribution in [3.8, 4) is 0 Å². The van der Waals surface area contributed by atoms with Crippen LogP contribution >= 0.6 is 35.8 Å². The number of ether oxygens (including phenoxy) is 2. The number of fused-ring (bicyclic) bond motifs is 6. The van der Waals surface area contributed by atoms with Crippen LogP contribution in [0.4, 0.5) is 33.3 Å². The van der Waals surface area contributed by atoms with E-state index < -0.39 is 37.9 Å². The predicted molar refractivity (Wildman–Crippen MR) is 391 cm³/mol. The molecule has 5 heterocycles. The number of amides is 1. The minimum absolute atomic E-state index is 0. The highest BCUT2D eigenvalue weighted by Crippen LogP contribution is 2.64. The molecule has 0 aromatic heterocycles. The summed E-state index contributed by atoms with van der Waals surface area (Å²) in [6, 6.07) is 13.9. The molecular weight excluding hydrogens is 1390 g/mol. The number of hydrogen-bond acceptors (Lipinski definition) is 15. The number of para-hydroxylation sites is 1. The van der Waals surface area contributed by atoms with E-state index in [9.17, 15) is 49.5 Å². The summed E-state index contributed by atoms with van der Waals surface area (Å²) in [6.07, 6.45) is 27.4. The first-order valence-corrected chi connectivity index (χ1v) is 37.9. The van der Waals surface area contributed by atoms with Gasteiger partial charge in [0, 0.05) is 78.9 Å². The molecule has 2 saturated carbocycles. The minimum Gasteiger partial charge on any atom is -0.481 e. The first kappa shape index (κ1) is 87.8. The molecule has 101 heavy (non-hydrogen) atoms. The average molecular weight is 1500 g/mol. The Morgan fingerprint density at radius 1 is 0.772 bits per heavy atom. The van der Waals surface area contributed by atoms with Gasteiger partial charge in [-0.3, -0.25) is 14.4 Å². The third kappa shape index (κ3) is 25.3. The summed E-state index contributed by atoms with van der Waals surface area (Å²) in [5, 5.41) is 11.2. The van der Waals surface area contributed by atoms with Gasteiger partial charge in [0.1, 0.15) is 11.4 Å². The monoisotopic (exact) mass is 1500 g/mol. The first-order valence-electron chi connectivity index (χ1n) is 35.1. The number of carbonyl (C=O) groups excluding carboxylic acids is 5. The number of nitrogens with one attached hydrogen (secondary N) is 1. The number of nitrogens with zero attached hydrogens (tertiary/aromatic N) is 4. The molecule has 0 bridgehead atoms. The van der Waals surface area contributed by atoms with E-state index in [1.807, 2.05) is 24.8 Å². The van der Waals surface area contributed by atoms with Crippen molar-refractivity contribution in [2.45, 2.75) is 197 Å². The number of sulfone groups is 1. The highest BCUT2D eigenvalue weighted by atomic mass is 35.5. The van der Waals surface area contributed by atoms with E-state index in [1.165, 1.54) is 91.8 Å². The molecule has 25 heteroatoms. The van der Waals surface area contributed by atoms with E-state index in [2.05, 4.69) is 90.2 Å². The Balaban J connectivity index is 0.000000290. The van der Waals surface area contributed by atoms with Gasteiger partial charge in [-0.15, -0.1) is 12.4 Å². The van der Waals surface area contributed by atoms with Crippen LogP contribution in [-0.2, 0) is 48.1 Å². The number of benzene rings is 2. The van der Waals surface area contributed by atoms with Gasteiger partial charge in [-0.25, -0.2) is 35.2 Å². The van der Waals surface area contributed by atoms with Crippen molar-refractivity contribution in [3.05, 3.63) is 121 Å². The lowest BCUT2D eigenvalue weighted by molar-refractivity contribution is -0.191. The predicted octanol–water partition coefficient (Wildman–Crippen LogP) is 17.0. The number of carbonyl (C=O) groups is 4. The number of rotatable bonds is 22. The van der Waals surface area contributed by atoms with Gasteiger partial charge in [-0.2, -0.15) is 9.59 Å². The number of allylic oxidation sites excluding steroid dienone is 5. The second-order valence-electron chi connectivity index (χ2n) is 29.2. The van der Waals surface area contributed by atoms with Crippen molar-refractivity contribution in [3.63, 3.8) is 0 Å². The molecule has 2 N–H and O–H groups in total. The van der Waals surface area contributed by atoms with Gasteiger partial charge in [0.25, 0.3) is 0 Å². The fourth-order valence-corrected chi connectivity index (χ4v) is 18.5. The van der Waals surface area contributed by atoms with Gasteiger partial charge < -0.3 is 39.5 Å². The van der Waals surface area contributed by atoms with E-state index in [0.717, 1.165) is 113 Å². The fourth-order valence-electron chi connectivity index (χ4n) is 15.1. The molecular formula is C76H108Cl2F5N5O11S2. The van der Waals surface area contributed by atoms with E-state index in [1.54, 1.807) is 31.6 Å². The van der Waals surface area contributed by atoms with Crippen LogP contribution in [0.15, 0.2) is 126 Å². The van der Waals surface area contributed by atoms with Crippen LogP contribution < -0.4 is 10.2 Å². The van der Waals surface area contributed by atoms with Crippen molar-refractivity contribution >= 4 is 86.9 Å². The molecule has 10 atom stereocenters. The van der Waals surface area contributed by atoms with Gasteiger partial charge in [0.15, 0.2) is 9.84 Å². The fraction of sp³-hybridized carbons (Fsp3) is 0.618. The SMILES string of the molecule is CC(/C=C\F)CCC(=O)O.CC(/C=C\F)COC(=O)[C@@H]1N2C(=O)C[C@H]2S(=O)(=O)C1(C)C.CC1(C)CCC[C@]2(C)[C@H]3CC[C@](C)(/C=C\F)CC3=CC[C@@H]12.C[C@H](/C=C\F)CCC(=O)OCCCN1CCN(CCCN2c3ccccc3Sc3ccc(Cl)cc32)CC1.Cl.F/C=C\C1CCCN1.O=C=O. The third-order valence-corrected chi connectivity index (χ3v) is 25.1. The summed E-state index contributed by atoms with van der Waals surface area (Å²) in [5.41, 5.74) is 5.11. The molecule has 5 aliphatic heterocycles. The summed E-state index contributed by atoms with van der Waals surface area (Å²) >= 11 is 8.16. The number of esters is 2. The Morgan fingerprint density at radius 3 is 1.98 bits per heavy atom. The first-order chi connectivity index (χ1) is 47.5. The van der Waals surface area contributed by atoms with Crippen LogP contribution in [-0.4, -0.2) is 146 Å². The standard InChI is InChI=1S/C29H37ClFN3O2S.C20H31F.C13H18FNO5S.C7H11FO2.C6H10FN.CO2.ClH/c1-23(12-13-31)8-11-29(35)36-21-5-15-33-19-17-32(18-20-33)14-4-16-34-25-6-2-3-7-27(25)37-28-10-9-24(30)22-26(28)34;1-18(2)9-5-10-20(4)16-8-11-19(3,12-13-21)14-15(16)6-7-17(18)20;1-8(4-5-14)7-20-12(17)11-13(2,3)21(18,19)10-6-9(16)15(10)11;1-6(4-5-8)2-3-7(9)10;7-4-3-6-2-1-5-8-6;2-1-3;/h2-3,6-7,9-10,12-13,22-23H,4-5,8,11,14-21H2,1H3;6,12-13,16-17H,5,7-11,14H2,1-4H3;4-5,8,10-11H,6-7H2,1-3H3;4-6H,2-3H2,1H3,(H,9,10);3-4,6,8H,1-2,5H2;;1H/b2*13-12-;2*5-4-;4-3-;;/t23-;16-,17-,19+,20+;8?,10-,11+;;;;/m001..../s1. The van der Waals surface area contributed by atoms with Crippen LogP contribution in [0.1, 0.15) is 165 Å². The summed E-state index contributed by atoms with van der Waals surface area (Å²) < 4.78 is 93.4. The second-order valence-corrected chi connectivity index (χ2v) is 33.4. The van der Waals surface area contributed by atoms with Gasteiger partial charge in [0.05, 0.1) is 67.4 Å². The third-order valence-electron chi connectivity index (χ3n) is 20.9. The van der Waals surface area contributed by atoms with E-state index in [-0.39, 0.29) is 73.1 Å². The summed E-state index contributed by atoms with van der Waals surface area (Å²) in [5.74, 6) is -0.846. The Bertz CT molecular complexity index is 3320. The molecule has 4 saturated heterocycles. The molecule has 16 nitrogen and oxygen atoms in total. The molecule has 2 aromatic rings. The van der Waals surface area contributed by atoms with Crippen LogP contribution in [0, 0.1) is 45.8 Å². The number of carboxylic acid groups (broad SMARTS) is 1. The normalized spacial score (nSPS) is 26.0. The van der Waals surface area contributed by atoms with E-state index in [0.29, 0.717) is 68.1 Å². The lowest BCUT2D eigenvalue weighted by Crippen LogP contribution is -2.57. The molecule has 3 unspecified atom stereocenters. The number of β-lactam (4-membered cyclic amide) rings is 1. The van der Waals surface area contributed by atoms with Crippen LogP contribution in [0.5, 0.6) is 0 Å². The lowest BCUT2D eigenvalue weighted by Gasteiger charge is -2.59. The van der Waals surface area contributed by atoms with Crippen molar-refractivity contribution in [2.75, 3.05) is 70.5 Å². The topological polar surface area (TPSA) is 200 Å². The highest BCUT2D eigenvalue weighted by Gasteiger charge is 2.68. The molecule has 1 amide bonds. The maximum absolute atomic E-state index is 12.7. The van der Waals surface area contributed by atoms with Crippen molar-refractivity contribution < 1.29 is 73.7 Å². The quantitative estimate of drug-likeness (QED) is 0.0370. The molecule has 0 spiro atoms. The number of piperazine rings is 1. The summed E-state index contributed by atoms with van der Waals surface area (Å²) in [7, 11) is -3.61. The Kier molecular flexibility index (Phi) is 36.8. The minimum atomic E-state index is -3.61. The second kappa shape index (κ2) is 42.3. The van der Waals surface area contributed by atoms with Crippen LogP contribution in [0.3, 0.4) is 0 Å². The Labute approximate surface area is 611 Å². The van der Waals surface area contributed by atoms with Crippen molar-refractivity contribution in [1.82, 2.24) is 20.0 Å². The summed E-state index contributed by atoms with van der Waals surface area (Å²) in [6.45, 7) is 26.5. The maximum atomic E-state index is 12.7. The lowest BCUT2D eigenvalue weighted by atomic mass is 9.46.